The van der Waals surface area contributed by atoms with Crippen molar-refractivity contribution in [1.82, 2.24) is 15.3 Å². The third kappa shape index (κ3) is 4.43. The van der Waals surface area contributed by atoms with E-state index in [4.69, 9.17) is 9.47 Å². The minimum atomic E-state index is -0.0115. The molecule has 31 heavy (non-hydrogen) atoms. The molecule has 2 aromatic heterocycles. The van der Waals surface area contributed by atoms with Crippen molar-refractivity contribution in [3.05, 3.63) is 59.6 Å². The second-order valence-electron chi connectivity index (χ2n) is 8.14. The maximum atomic E-state index is 6.11. The molecule has 2 aliphatic heterocycles. The van der Waals surface area contributed by atoms with E-state index in [9.17, 15) is 0 Å². The van der Waals surface area contributed by atoms with Crippen LogP contribution >= 0.6 is 11.3 Å². The molecule has 0 unspecified atom stereocenters. The SMILES string of the molecule is CN(C)c1ccc(CN[C@@H]2CO[C@@H]3[C@@H]2OC[C@@H]3Nc2nccc(-c3cccs3)n2)cc1. The van der Waals surface area contributed by atoms with Gasteiger partial charge in [-0.2, -0.15) is 0 Å². The molecule has 162 valence electrons. The van der Waals surface area contributed by atoms with Crippen LogP contribution in [0.2, 0.25) is 0 Å². The molecule has 0 bridgehead atoms. The summed E-state index contributed by atoms with van der Waals surface area (Å²) in [7, 11) is 4.10. The first kappa shape index (κ1) is 20.4. The minimum Gasteiger partial charge on any atom is -0.378 e. The number of rotatable bonds is 7. The van der Waals surface area contributed by atoms with Gasteiger partial charge in [0.05, 0.1) is 35.9 Å². The Kier molecular flexibility index (Phi) is 5.87. The molecule has 8 heteroatoms. The van der Waals surface area contributed by atoms with Crippen LogP contribution in [0.4, 0.5) is 11.6 Å². The standard InChI is InChI=1S/C23H27N5O2S/c1-28(2)16-7-5-15(6-8-16)12-25-18-13-29-22-19(14-30-21(18)22)27-23-24-10-9-17(26-23)20-4-3-11-31-20/h3-11,18-19,21-22,25H,12-14H2,1-2H3,(H,24,26,27)/t18-,19+,21-,22+/m1/s1. The molecule has 3 aromatic rings. The Bertz CT molecular complexity index is 995. The maximum Gasteiger partial charge on any atom is 0.223 e. The van der Waals surface area contributed by atoms with Gasteiger partial charge in [-0.05, 0) is 35.2 Å². The quantitative estimate of drug-likeness (QED) is 0.589. The highest BCUT2D eigenvalue weighted by Crippen LogP contribution is 2.29. The van der Waals surface area contributed by atoms with Crippen molar-refractivity contribution >= 4 is 23.0 Å². The van der Waals surface area contributed by atoms with E-state index in [1.807, 2.05) is 12.1 Å². The molecule has 2 saturated heterocycles. The Hall–Kier alpha value is -2.52. The summed E-state index contributed by atoms with van der Waals surface area (Å²) in [5, 5.41) is 9.09. The number of anilines is 2. The molecule has 7 nitrogen and oxygen atoms in total. The molecule has 2 N–H and O–H groups in total. The molecular formula is C23H27N5O2S. The molecule has 4 atom stereocenters. The van der Waals surface area contributed by atoms with Crippen molar-refractivity contribution in [1.29, 1.82) is 0 Å². The van der Waals surface area contributed by atoms with E-state index in [0.717, 1.165) is 17.1 Å². The number of benzene rings is 1. The zero-order valence-electron chi connectivity index (χ0n) is 17.7. The van der Waals surface area contributed by atoms with Crippen LogP contribution in [0.5, 0.6) is 0 Å². The molecule has 4 heterocycles. The van der Waals surface area contributed by atoms with Crippen LogP contribution in [0.1, 0.15) is 5.56 Å². The fourth-order valence-electron chi connectivity index (χ4n) is 4.11. The van der Waals surface area contributed by atoms with Gasteiger partial charge in [-0.1, -0.05) is 18.2 Å². The summed E-state index contributed by atoms with van der Waals surface area (Å²) in [5.74, 6) is 0.612. The van der Waals surface area contributed by atoms with Gasteiger partial charge in [0.15, 0.2) is 0 Å². The molecule has 0 aliphatic carbocycles. The van der Waals surface area contributed by atoms with Crippen LogP contribution in [-0.4, -0.2) is 61.6 Å². The average Bonchev–Trinajstić information content (AvgIpc) is 3.53. The largest absolute Gasteiger partial charge is 0.378 e. The van der Waals surface area contributed by atoms with E-state index in [-0.39, 0.29) is 24.3 Å². The van der Waals surface area contributed by atoms with Crippen LogP contribution in [-0.2, 0) is 16.0 Å². The number of hydrogen-bond donors (Lipinski definition) is 2. The number of nitrogens with zero attached hydrogens (tertiary/aromatic N) is 3. The lowest BCUT2D eigenvalue weighted by Gasteiger charge is -2.19. The summed E-state index contributed by atoms with van der Waals surface area (Å²) in [6, 6.07) is 14.8. The van der Waals surface area contributed by atoms with Crippen molar-refractivity contribution in [2.75, 3.05) is 37.5 Å². The summed E-state index contributed by atoms with van der Waals surface area (Å²) in [6.45, 7) is 2.01. The van der Waals surface area contributed by atoms with Gasteiger partial charge >= 0.3 is 0 Å². The topological polar surface area (TPSA) is 71.5 Å². The number of ether oxygens (including phenoxy) is 2. The fourth-order valence-corrected chi connectivity index (χ4v) is 4.81. The van der Waals surface area contributed by atoms with E-state index in [0.29, 0.717) is 19.2 Å². The van der Waals surface area contributed by atoms with Crippen LogP contribution in [0, 0.1) is 0 Å². The van der Waals surface area contributed by atoms with Crippen molar-refractivity contribution in [3.8, 4) is 10.6 Å². The molecule has 0 spiro atoms. The summed E-state index contributed by atoms with van der Waals surface area (Å²) in [4.78, 5) is 12.3. The highest BCUT2D eigenvalue weighted by Gasteiger charge is 2.47. The van der Waals surface area contributed by atoms with Crippen LogP contribution in [0.25, 0.3) is 10.6 Å². The molecule has 5 rings (SSSR count). The van der Waals surface area contributed by atoms with Crippen LogP contribution < -0.4 is 15.5 Å². The first-order valence-electron chi connectivity index (χ1n) is 10.5. The van der Waals surface area contributed by atoms with Gasteiger partial charge in [0.1, 0.15) is 12.2 Å². The van der Waals surface area contributed by atoms with E-state index in [1.54, 1.807) is 17.5 Å². The molecule has 0 amide bonds. The molecule has 0 radical (unpaired) electrons. The zero-order chi connectivity index (χ0) is 21.2. The normalized spacial score (nSPS) is 24.8. The molecular weight excluding hydrogens is 410 g/mol. The predicted molar refractivity (Wildman–Crippen MR) is 124 cm³/mol. The second kappa shape index (κ2) is 8.92. The van der Waals surface area contributed by atoms with E-state index < -0.39 is 0 Å². The molecule has 2 aliphatic rings. The van der Waals surface area contributed by atoms with Gasteiger partial charge in [-0.25, -0.2) is 9.97 Å². The zero-order valence-corrected chi connectivity index (χ0v) is 18.5. The summed E-state index contributed by atoms with van der Waals surface area (Å²) < 4.78 is 12.2. The van der Waals surface area contributed by atoms with E-state index in [1.165, 1.54) is 11.3 Å². The van der Waals surface area contributed by atoms with E-state index in [2.05, 4.69) is 75.3 Å². The summed E-state index contributed by atoms with van der Waals surface area (Å²) >= 11 is 1.67. The first-order valence-corrected chi connectivity index (χ1v) is 11.4. The third-order valence-electron chi connectivity index (χ3n) is 5.82. The number of hydrogen-bond acceptors (Lipinski definition) is 8. The second-order valence-corrected chi connectivity index (χ2v) is 9.09. The first-order chi connectivity index (χ1) is 15.2. The monoisotopic (exact) mass is 437 g/mol. The Labute approximate surface area is 186 Å². The summed E-state index contributed by atoms with van der Waals surface area (Å²) in [5.41, 5.74) is 3.38. The Morgan fingerprint density at radius 2 is 1.81 bits per heavy atom. The smallest absolute Gasteiger partial charge is 0.223 e. The van der Waals surface area contributed by atoms with Gasteiger partial charge in [0.2, 0.25) is 5.95 Å². The lowest BCUT2D eigenvalue weighted by atomic mass is 10.1. The molecule has 1 aromatic carbocycles. The van der Waals surface area contributed by atoms with Crippen molar-refractivity contribution in [2.24, 2.45) is 0 Å². The van der Waals surface area contributed by atoms with Gasteiger partial charge < -0.3 is 25.0 Å². The van der Waals surface area contributed by atoms with Gasteiger partial charge in [-0.15, -0.1) is 11.3 Å². The van der Waals surface area contributed by atoms with Gasteiger partial charge in [0.25, 0.3) is 0 Å². The Balaban J connectivity index is 1.18. The number of nitrogens with one attached hydrogen (secondary N) is 2. The predicted octanol–water partition coefficient (Wildman–Crippen LogP) is 3.01. The maximum absolute atomic E-state index is 6.11. The summed E-state index contributed by atoms with van der Waals surface area (Å²) in [6.07, 6.45) is 1.81. The molecule has 0 saturated carbocycles. The third-order valence-corrected chi connectivity index (χ3v) is 6.71. The van der Waals surface area contributed by atoms with E-state index >= 15 is 0 Å². The highest BCUT2D eigenvalue weighted by molar-refractivity contribution is 7.13. The van der Waals surface area contributed by atoms with Crippen LogP contribution in [0.15, 0.2) is 54.0 Å². The fraction of sp³-hybridized carbons (Fsp3) is 0.391. The van der Waals surface area contributed by atoms with Gasteiger partial charge in [-0.3, -0.25) is 0 Å². The van der Waals surface area contributed by atoms with Crippen LogP contribution in [0.3, 0.4) is 0 Å². The number of fused-ring (bicyclic) bond motifs is 1. The number of thiophene rings is 1. The molecule has 2 fully saturated rings. The van der Waals surface area contributed by atoms with Crippen molar-refractivity contribution in [2.45, 2.75) is 30.8 Å². The minimum absolute atomic E-state index is 0.0115. The average molecular weight is 438 g/mol. The Morgan fingerprint density at radius 1 is 1.03 bits per heavy atom. The highest BCUT2D eigenvalue weighted by atomic mass is 32.1. The van der Waals surface area contributed by atoms with Crippen molar-refractivity contribution in [3.63, 3.8) is 0 Å². The number of aromatic nitrogens is 2. The van der Waals surface area contributed by atoms with Gasteiger partial charge in [0, 0.05) is 32.5 Å². The lowest BCUT2D eigenvalue weighted by molar-refractivity contribution is 0.0675. The Morgan fingerprint density at radius 3 is 2.55 bits per heavy atom. The lowest BCUT2D eigenvalue weighted by Crippen LogP contribution is -2.41. The van der Waals surface area contributed by atoms with Crippen molar-refractivity contribution < 1.29 is 9.47 Å².